The number of rotatable bonds is 5. The second-order valence-corrected chi connectivity index (χ2v) is 8.62. The fraction of sp³-hybridized carbons (Fsp3) is 0.500. The molecular formula is C16H22ClN3O2S. The van der Waals surface area contributed by atoms with Gasteiger partial charge in [-0.3, -0.25) is 0 Å². The van der Waals surface area contributed by atoms with E-state index in [1.54, 1.807) is 25.6 Å². The number of aromatic nitrogens is 2. The molecule has 1 N–H and O–H groups in total. The molecule has 0 amide bonds. The first-order valence-electron chi connectivity index (χ1n) is 7.44. The Labute approximate surface area is 144 Å². The number of ether oxygens (including phenoxy) is 1. The number of nitrogens with one attached hydrogen (secondary N) is 1. The van der Waals surface area contributed by atoms with E-state index in [1.165, 1.54) is 0 Å². The number of nitrogens with zero attached hydrogens (tertiary/aromatic N) is 2. The average Bonchev–Trinajstić information content (AvgIpc) is 2.50. The van der Waals surface area contributed by atoms with E-state index in [9.17, 15) is 4.21 Å². The highest BCUT2D eigenvalue weighted by Gasteiger charge is 2.24. The van der Waals surface area contributed by atoms with Crippen LogP contribution >= 0.6 is 11.6 Å². The second kappa shape index (κ2) is 7.11. The van der Waals surface area contributed by atoms with Crippen LogP contribution in [0.25, 0.3) is 10.8 Å². The second-order valence-electron chi connectivity index (χ2n) is 6.24. The Hall–Kier alpha value is -1.24. The van der Waals surface area contributed by atoms with Crippen LogP contribution in [0.3, 0.4) is 0 Å². The van der Waals surface area contributed by atoms with Gasteiger partial charge >= 0.3 is 0 Å². The van der Waals surface area contributed by atoms with Crippen LogP contribution < -0.4 is 9.46 Å². The maximum atomic E-state index is 12.4. The topological polar surface area (TPSA) is 64.1 Å². The van der Waals surface area contributed by atoms with Crippen LogP contribution in [0.2, 0.25) is 5.15 Å². The molecule has 7 heteroatoms. The summed E-state index contributed by atoms with van der Waals surface area (Å²) in [6, 6.07) is 1.69. The molecule has 0 fully saturated rings. The number of pyridine rings is 2. The van der Waals surface area contributed by atoms with Crippen molar-refractivity contribution in [2.75, 3.05) is 7.11 Å². The lowest BCUT2D eigenvalue weighted by Gasteiger charge is -2.24. The number of hydrogen-bond acceptors (Lipinski definition) is 4. The molecular weight excluding hydrogens is 334 g/mol. The van der Waals surface area contributed by atoms with Gasteiger partial charge in [0.05, 0.1) is 28.2 Å². The lowest BCUT2D eigenvalue weighted by Crippen LogP contribution is -2.35. The van der Waals surface area contributed by atoms with Crippen LogP contribution in [-0.2, 0) is 11.0 Å². The van der Waals surface area contributed by atoms with Gasteiger partial charge in [0.1, 0.15) is 5.15 Å². The molecule has 0 aliphatic carbocycles. The summed E-state index contributed by atoms with van der Waals surface area (Å²) in [5.74, 6) is 0.500. The lowest BCUT2D eigenvalue weighted by atomic mass is 10.0. The normalized spacial score (nSPS) is 14.7. The zero-order valence-electron chi connectivity index (χ0n) is 14.0. The quantitative estimate of drug-likeness (QED) is 0.828. The minimum atomic E-state index is -1.18. The number of methoxy groups -OCH3 is 1. The standard InChI is InChI=1S/C16H22ClN3O2S/c1-6-13(20-23(21)16(2,3)4)11-8-19-15(22-5)12-9-18-14(17)7-10(11)12/h7-9,13,20H,6H2,1-5H3/t13-,23?/m1/s1. The van der Waals surface area contributed by atoms with E-state index in [0.29, 0.717) is 11.0 Å². The van der Waals surface area contributed by atoms with Crippen LogP contribution in [0.5, 0.6) is 5.88 Å². The minimum absolute atomic E-state index is 0.102. The van der Waals surface area contributed by atoms with Crippen molar-refractivity contribution < 1.29 is 8.95 Å². The summed E-state index contributed by atoms with van der Waals surface area (Å²) >= 11 is 6.06. The predicted octanol–water partition coefficient (Wildman–Crippen LogP) is 3.79. The Morgan fingerprint density at radius 2 is 2.00 bits per heavy atom. The van der Waals surface area contributed by atoms with Crippen molar-refractivity contribution in [1.82, 2.24) is 14.7 Å². The van der Waals surface area contributed by atoms with E-state index in [1.807, 2.05) is 27.7 Å². The highest BCUT2D eigenvalue weighted by atomic mass is 35.5. The number of fused-ring (bicyclic) bond motifs is 1. The van der Waals surface area contributed by atoms with E-state index in [2.05, 4.69) is 14.7 Å². The third-order valence-corrected chi connectivity index (χ3v) is 5.33. The van der Waals surface area contributed by atoms with E-state index in [-0.39, 0.29) is 10.8 Å². The molecule has 2 atom stereocenters. The monoisotopic (exact) mass is 355 g/mol. The molecule has 0 aromatic carbocycles. The summed E-state index contributed by atoms with van der Waals surface area (Å²) in [6.07, 6.45) is 4.17. The van der Waals surface area contributed by atoms with Gasteiger partial charge in [-0.1, -0.05) is 18.5 Å². The smallest absolute Gasteiger partial charge is 0.222 e. The highest BCUT2D eigenvalue weighted by molar-refractivity contribution is 7.84. The Kier molecular flexibility index (Phi) is 5.60. The average molecular weight is 356 g/mol. The fourth-order valence-electron chi connectivity index (χ4n) is 2.22. The molecule has 0 radical (unpaired) electrons. The van der Waals surface area contributed by atoms with Gasteiger partial charge in [0, 0.05) is 18.4 Å². The molecule has 0 aliphatic rings. The summed E-state index contributed by atoms with van der Waals surface area (Å²) < 4.78 is 20.6. The maximum Gasteiger partial charge on any atom is 0.222 e. The van der Waals surface area contributed by atoms with E-state index >= 15 is 0 Å². The van der Waals surface area contributed by atoms with E-state index in [4.69, 9.17) is 16.3 Å². The van der Waals surface area contributed by atoms with Gasteiger partial charge in [0.2, 0.25) is 5.88 Å². The fourth-order valence-corrected chi connectivity index (χ4v) is 3.28. The van der Waals surface area contributed by atoms with Gasteiger partial charge < -0.3 is 4.74 Å². The van der Waals surface area contributed by atoms with Crippen molar-refractivity contribution >= 4 is 33.4 Å². The summed E-state index contributed by atoms with van der Waals surface area (Å²) in [5, 5.41) is 2.09. The molecule has 0 saturated carbocycles. The van der Waals surface area contributed by atoms with Gasteiger partial charge in [-0.15, -0.1) is 0 Å². The molecule has 0 spiro atoms. The van der Waals surface area contributed by atoms with Crippen molar-refractivity contribution in [2.45, 2.75) is 44.9 Å². The van der Waals surface area contributed by atoms with Crippen molar-refractivity contribution in [3.63, 3.8) is 0 Å². The van der Waals surface area contributed by atoms with E-state index in [0.717, 1.165) is 22.8 Å². The minimum Gasteiger partial charge on any atom is -0.481 e. The first kappa shape index (κ1) is 18.1. The van der Waals surface area contributed by atoms with Crippen molar-refractivity contribution in [3.05, 3.63) is 29.2 Å². The van der Waals surface area contributed by atoms with Crippen molar-refractivity contribution in [2.24, 2.45) is 0 Å². The Morgan fingerprint density at radius 1 is 1.30 bits per heavy atom. The largest absolute Gasteiger partial charge is 0.481 e. The predicted molar refractivity (Wildman–Crippen MR) is 95.2 cm³/mol. The van der Waals surface area contributed by atoms with Crippen LogP contribution in [0.15, 0.2) is 18.5 Å². The zero-order chi connectivity index (χ0) is 17.2. The molecule has 23 heavy (non-hydrogen) atoms. The van der Waals surface area contributed by atoms with Gasteiger partial charge in [-0.2, -0.15) is 0 Å². The SMILES string of the molecule is CC[C@@H](NS(=O)C(C)(C)C)c1cnc(OC)c2cnc(Cl)cc12. The summed E-state index contributed by atoms with van der Waals surface area (Å²) in [6.45, 7) is 7.85. The van der Waals surface area contributed by atoms with Crippen molar-refractivity contribution in [1.29, 1.82) is 0 Å². The van der Waals surface area contributed by atoms with Crippen LogP contribution in [0.1, 0.15) is 45.7 Å². The van der Waals surface area contributed by atoms with Crippen LogP contribution in [0, 0.1) is 0 Å². The Balaban J connectivity index is 2.52. The first-order valence-corrected chi connectivity index (χ1v) is 8.97. The van der Waals surface area contributed by atoms with Gasteiger partial charge in [0.15, 0.2) is 0 Å². The molecule has 1 unspecified atom stereocenters. The molecule has 0 aliphatic heterocycles. The van der Waals surface area contributed by atoms with E-state index < -0.39 is 11.0 Å². The molecule has 126 valence electrons. The Bertz CT molecular complexity index is 731. The number of hydrogen-bond donors (Lipinski definition) is 1. The molecule has 2 heterocycles. The Morgan fingerprint density at radius 3 is 2.57 bits per heavy atom. The third-order valence-electron chi connectivity index (χ3n) is 3.52. The molecule has 0 saturated heterocycles. The third kappa shape index (κ3) is 4.00. The van der Waals surface area contributed by atoms with Crippen LogP contribution in [0.4, 0.5) is 0 Å². The summed E-state index contributed by atoms with van der Waals surface area (Å²) in [5.41, 5.74) is 0.935. The number of halogens is 1. The van der Waals surface area contributed by atoms with Crippen molar-refractivity contribution in [3.8, 4) is 5.88 Å². The zero-order valence-corrected chi connectivity index (χ0v) is 15.6. The first-order chi connectivity index (χ1) is 10.8. The van der Waals surface area contributed by atoms with Gasteiger partial charge in [0.25, 0.3) is 0 Å². The van der Waals surface area contributed by atoms with Gasteiger partial charge in [-0.25, -0.2) is 18.9 Å². The molecule has 2 aromatic rings. The van der Waals surface area contributed by atoms with Crippen LogP contribution in [-0.4, -0.2) is 26.0 Å². The lowest BCUT2D eigenvalue weighted by molar-refractivity contribution is 0.403. The maximum absolute atomic E-state index is 12.4. The molecule has 5 nitrogen and oxygen atoms in total. The highest BCUT2D eigenvalue weighted by Crippen LogP contribution is 2.32. The summed E-state index contributed by atoms with van der Waals surface area (Å²) in [4.78, 5) is 8.46. The molecule has 0 bridgehead atoms. The van der Waals surface area contributed by atoms with Gasteiger partial charge in [-0.05, 0) is 44.2 Å². The summed E-state index contributed by atoms with van der Waals surface area (Å²) in [7, 11) is 0.389. The molecule has 2 aromatic heterocycles. The molecule has 2 rings (SSSR count).